The van der Waals surface area contributed by atoms with Crippen LogP contribution in [0.3, 0.4) is 0 Å². The SMILES string of the molecule is C#CC(=O)c1ccc(OCc2ccccc2COc2ccc(C(=O)C#C)cc2)cc1. The molecule has 0 aromatic heterocycles. The molecule has 0 fully saturated rings. The summed E-state index contributed by atoms with van der Waals surface area (Å²) in [5.41, 5.74) is 2.85. The van der Waals surface area contributed by atoms with Gasteiger partial charge in [-0.15, -0.1) is 12.8 Å². The maximum absolute atomic E-state index is 11.5. The molecular weight excluding hydrogens is 376 g/mol. The Labute approximate surface area is 175 Å². The Hall–Kier alpha value is -4.28. The van der Waals surface area contributed by atoms with Crippen LogP contribution < -0.4 is 9.47 Å². The molecule has 0 heterocycles. The minimum Gasteiger partial charge on any atom is -0.489 e. The van der Waals surface area contributed by atoms with Gasteiger partial charge in [0.25, 0.3) is 0 Å². The fraction of sp³-hybridized carbons (Fsp3) is 0.0769. The first-order chi connectivity index (χ1) is 14.6. The highest BCUT2D eigenvalue weighted by Gasteiger charge is 2.07. The predicted octanol–water partition coefficient (Wildman–Crippen LogP) is 4.48. The molecule has 0 radical (unpaired) electrons. The van der Waals surface area contributed by atoms with Crippen molar-refractivity contribution in [1.29, 1.82) is 0 Å². The van der Waals surface area contributed by atoms with E-state index in [-0.39, 0.29) is 11.6 Å². The van der Waals surface area contributed by atoms with E-state index in [1.54, 1.807) is 48.5 Å². The molecule has 4 nitrogen and oxygen atoms in total. The van der Waals surface area contributed by atoms with Crippen LogP contribution in [0.1, 0.15) is 31.8 Å². The molecule has 4 heteroatoms. The van der Waals surface area contributed by atoms with Crippen LogP contribution in [-0.4, -0.2) is 11.6 Å². The zero-order valence-corrected chi connectivity index (χ0v) is 16.1. The molecule has 146 valence electrons. The number of hydrogen-bond donors (Lipinski definition) is 0. The Kier molecular flexibility index (Phi) is 6.66. The molecule has 3 rings (SSSR count). The van der Waals surface area contributed by atoms with Gasteiger partial charge in [0.15, 0.2) is 0 Å². The number of carbonyl (C=O) groups excluding carboxylic acids is 2. The van der Waals surface area contributed by atoms with E-state index in [2.05, 4.69) is 11.8 Å². The highest BCUT2D eigenvalue weighted by atomic mass is 16.5. The average Bonchev–Trinajstić information content (AvgIpc) is 2.81. The molecule has 3 aromatic rings. The fourth-order valence-electron chi connectivity index (χ4n) is 2.73. The summed E-state index contributed by atoms with van der Waals surface area (Å²) in [6.45, 7) is 0.690. The number of carbonyl (C=O) groups is 2. The van der Waals surface area contributed by atoms with Crippen LogP contribution in [-0.2, 0) is 13.2 Å². The van der Waals surface area contributed by atoms with E-state index in [0.717, 1.165) is 11.1 Å². The first-order valence-electron chi connectivity index (χ1n) is 9.15. The predicted molar refractivity (Wildman–Crippen MR) is 114 cm³/mol. The third kappa shape index (κ3) is 5.16. The quantitative estimate of drug-likeness (QED) is 0.321. The highest BCUT2D eigenvalue weighted by molar-refractivity contribution is 6.09. The van der Waals surface area contributed by atoms with Gasteiger partial charge in [0.1, 0.15) is 24.7 Å². The van der Waals surface area contributed by atoms with Crippen molar-refractivity contribution in [2.24, 2.45) is 0 Å². The maximum Gasteiger partial charge on any atom is 0.235 e. The van der Waals surface area contributed by atoms with Crippen LogP contribution >= 0.6 is 0 Å². The highest BCUT2D eigenvalue weighted by Crippen LogP contribution is 2.19. The van der Waals surface area contributed by atoms with Gasteiger partial charge >= 0.3 is 0 Å². The summed E-state index contributed by atoms with van der Waals surface area (Å²) in [5, 5.41) is 0. The molecule has 0 atom stereocenters. The molecule has 0 spiro atoms. The molecule has 0 saturated carbocycles. The summed E-state index contributed by atoms with van der Waals surface area (Å²) in [6, 6.07) is 21.2. The van der Waals surface area contributed by atoms with Gasteiger partial charge in [-0.3, -0.25) is 9.59 Å². The number of ether oxygens (including phenoxy) is 2. The Morgan fingerprint density at radius 1 is 0.633 bits per heavy atom. The molecule has 0 saturated heterocycles. The molecule has 0 unspecified atom stereocenters. The van der Waals surface area contributed by atoms with Crippen molar-refractivity contribution in [3.63, 3.8) is 0 Å². The molecule has 30 heavy (non-hydrogen) atoms. The first kappa shape index (κ1) is 20.5. The topological polar surface area (TPSA) is 52.6 Å². The number of Topliss-reactive ketones (excluding diaryl/α,β-unsaturated/α-hetero) is 2. The molecule has 3 aromatic carbocycles. The van der Waals surface area contributed by atoms with Gasteiger partial charge < -0.3 is 9.47 Å². The molecule has 0 N–H and O–H groups in total. The van der Waals surface area contributed by atoms with E-state index < -0.39 is 0 Å². The first-order valence-corrected chi connectivity index (χ1v) is 9.15. The van der Waals surface area contributed by atoms with Crippen molar-refractivity contribution in [3.8, 4) is 36.2 Å². The number of hydrogen-bond acceptors (Lipinski definition) is 4. The lowest BCUT2D eigenvalue weighted by atomic mass is 10.1. The van der Waals surface area contributed by atoms with Crippen molar-refractivity contribution < 1.29 is 19.1 Å². The Morgan fingerprint density at radius 3 is 1.33 bits per heavy atom. The lowest BCUT2D eigenvalue weighted by molar-refractivity contribution is 0.104. The van der Waals surface area contributed by atoms with Gasteiger partial charge in [0.05, 0.1) is 0 Å². The van der Waals surface area contributed by atoms with E-state index in [9.17, 15) is 9.59 Å². The van der Waals surface area contributed by atoms with E-state index in [0.29, 0.717) is 35.8 Å². The molecule has 0 aliphatic heterocycles. The van der Waals surface area contributed by atoms with Crippen LogP contribution in [0.2, 0.25) is 0 Å². The average molecular weight is 394 g/mol. The summed E-state index contributed by atoms with van der Waals surface area (Å²) in [5.74, 6) is 4.72. The van der Waals surface area contributed by atoms with Crippen LogP contribution in [0.15, 0.2) is 72.8 Å². The van der Waals surface area contributed by atoms with Crippen molar-refractivity contribution in [1.82, 2.24) is 0 Å². The lowest BCUT2D eigenvalue weighted by Crippen LogP contribution is -2.04. The van der Waals surface area contributed by atoms with Crippen LogP contribution in [0, 0.1) is 24.7 Å². The Bertz CT molecular complexity index is 1030. The molecule has 0 aliphatic rings. The molecular formula is C26H18O4. The van der Waals surface area contributed by atoms with E-state index in [1.165, 1.54) is 0 Å². The monoisotopic (exact) mass is 394 g/mol. The van der Waals surface area contributed by atoms with Crippen LogP contribution in [0.25, 0.3) is 0 Å². The smallest absolute Gasteiger partial charge is 0.235 e. The molecule has 0 amide bonds. The fourth-order valence-corrected chi connectivity index (χ4v) is 2.73. The normalized spacial score (nSPS) is 9.80. The molecule has 0 aliphatic carbocycles. The van der Waals surface area contributed by atoms with Crippen LogP contribution in [0.4, 0.5) is 0 Å². The Morgan fingerprint density at radius 2 is 1.00 bits per heavy atom. The second-order valence-corrected chi connectivity index (χ2v) is 6.34. The van der Waals surface area contributed by atoms with Crippen molar-refractivity contribution in [3.05, 3.63) is 95.1 Å². The second-order valence-electron chi connectivity index (χ2n) is 6.34. The van der Waals surface area contributed by atoms with Crippen molar-refractivity contribution in [2.75, 3.05) is 0 Å². The minimum absolute atomic E-state index is 0.345. The standard InChI is InChI=1S/C26H18O4/c1-3-25(27)19-9-13-23(14-10-19)29-17-21-7-5-6-8-22(21)18-30-24-15-11-20(12-16-24)26(28)4-2/h1-2,5-16H,17-18H2. The van der Waals surface area contributed by atoms with Gasteiger partial charge in [0, 0.05) is 11.1 Å². The zero-order chi connectivity index (χ0) is 21.3. The van der Waals surface area contributed by atoms with Gasteiger partial charge in [-0.05, 0) is 71.5 Å². The van der Waals surface area contributed by atoms with Crippen molar-refractivity contribution in [2.45, 2.75) is 13.2 Å². The summed E-state index contributed by atoms with van der Waals surface area (Å²) in [4.78, 5) is 23.0. The Balaban J connectivity index is 1.62. The van der Waals surface area contributed by atoms with Gasteiger partial charge in [-0.1, -0.05) is 24.3 Å². The number of benzene rings is 3. The summed E-state index contributed by atoms with van der Waals surface area (Å²) in [6.07, 6.45) is 10.3. The summed E-state index contributed by atoms with van der Waals surface area (Å²) >= 11 is 0. The van der Waals surface area contributed by atoms with Gasteiger partial charge in [-0.2, -0.15) is 0 Å². The third-order valence-electron chi connectivity index (χ3n) is 4.40. The largest absolute Gasteiger partial charge is 0.489 e. The van der Waals surface area contributed by atoms with E-state index >= 15 is 0 Å². The molecule has 0 bridgehead atoms. The summed E-state index contributed by atoms with van der Waals surface area (Å²) < 4.78 is 11.7. The number of ketones is 2. The number of rotatable bonds is 8. The zero-order valence-electron chi connectivity index (χ0n) is 16.1. The van der Waals surface area contributed by atoms with Gasteiger partial charge in [-0.25, -0.2) is 0 Å². The minimum atomic E-state index is -0.360. The second kappa shape index (κ2) is 9.78. The van der Waals surface area contributed by atoms with E-state index in [4.69, 9.17) is 22.3 Å². The van der Waals surface area contributed by atoms with E-state index in [1.807, 2.05) is 24.3 Å². The van der Waals surface area contributed by atoms with Gasteiger partial charge in [0.2, 0.25) is 11.6 Å². The third-order valence-corrected chi connectivity index (χ3v) is 4.40. The maximum atomic E-state index is 11.5. The lowest BCUT2D eigenvalue weighted by Gasteiger charge is -2.12. The summed E-state index contributed by atoms with van der Waals surface area (Å²) in [7, 11) is 0. The number of terminal acetylenes is 2. The van der Waals surface area contributed by atoms with Crippen LogP contribution in [0.5, 0.6) is 11.5 Å². The van der Waals surface area contributed by atoms with Crippen molar-refractivity contribution >= 4 is 11.6 Å².